The Morgan fingerprint density at radius 1 is 1.22 bits per heavy atom. The molecule has 0 spiro atoms. The second kappa shape index (κ2) is 6.58. The fourth-order valence-corrected chi connectivity index (χ4v) is 2.69. The van der Waals surface area contributed by atoms with Crippen LogP contribution in [-0.2, 0) is 16.1 Å². The number of hydrogen-bond donors (Lipinski definition) is 2. The summed E-state index contributed by atoms with van der Waals surface area (Å²) >= 11 is 0. The Bertz CT molecular complexity index is 562. The van der Waals surface area contributed by atoms with Gasteiger partial charge in [0.2, 0.25) is 0 Å². The van der Waals surface area contributed by atoms with Crippen LogP contribution in [0.1, 0.15) is 32.3 Å². The zero-order chi connectivity index (χ0) is 17.1. The number of carboxylic acid groups (broad SMARTS) is 1. The van der Waals surface area contributed by atoms with Gasteiger partial charge in [0.25, 0.3) is 0 Å². The van der Waals surface area contributed by atoms with Crippen LogP contribution >= 0.6 is 0 Å². The van der Waals surface area contributed by atoms with Gasteiger partial charge in [-0.3, -0.25) is 4.79 Å². The van der Waals surface area contributed by atoms with Crippen LogP contribution in [-0.4, -0.2) is 45.9 Å². The molecule has 1 heterocycles. The summed E-state index contributed by atoms with van der Waals surface area (Å²) in [6, 6.07) is 9.38. The summed E-state index contributed by atoms with van der Waals surface area (Å²) in [4.78, 5) is 24.9. The number of rotatable bonds is 4. The number of nitrogens with zero attached hydrogens (tertiary/aromatic N) is 1. The summed E-state index contributed by atoms with van der Waals surface area (Å²) in [5, 5.41) is 19.9. The average molecular weight is 321 g/mol. The molecule has 6 nitrogen and oxygen atoms in total. The van der Waals surface area contributed by atoms with E-state index in [1.807, 2.05) is 30.3 Å². The first-order valence-electron chi connectivity index (χ1n) is 7.68. The van der Waals surface area contributed by atoms with E-state index in [1.54, 1.807) is 0 Å². The monoisotopic (exact) mass is 321 g/mol. The number of piperidine rings is 1. The number of amides is 1. The molecule has 0 saturated carbocycles. The molecule has 1 fully saturated rings. The normalized spacial score (nSPS) is 17.6. The van der Waals surface area contributed by atoms with Crippen LogP contribution in [0.3, 0.4) is 0 Å². The summed E-state index contributed by atoms with van der Waals surface area (Å²) < 4.78 is 5.26. The molecule has 1 aromatic carbocycles. The van der Waals surface area contributed by atoms with Gasteiger partial charge in [0.05, 0.1) is 11.0 Å². The van der Waals surface area contributed by atoms with Crippen LogP contribution in [0.15, 0.2) is 30.3 Å². The summed E-state index contributed by atoms with van der Waals surface area (Å²) in [6.45, 7) is 3.78. The van der Waals surface area contributed by atoms with Crippen molar-refractivity contribution >= 4 is 12.1 Å². The number of carbonyl (C=O) groups is 2. The summed E-state index contributed by atoms with van der Waals surface area (Å²) in [7, 11) is 0. The highest BCUT2D eigenvalue weighted by Gasteiger charge is 2.50. The molecule has 2 rings (SSSR count). The molecular weight excluding hydrogens is 298 g/mol. The second-order valence-corrected chi connectivity index (χ2v) is 6.49. The van der Waals surface area contributed by atoms with Gasteiger partial charge in [0.1, 0.15) is 6.61 Å². The third kappa shape index (κ3) is 3.64. The molecule has 1 aliphatic heterocycles. The van der Waals surface area contributed by atoms with Gasteiger partial charge in [-0.2, -0.15) is 0 Å². The molecule has 0 atom stereocenters. The summed E-state index contributed by atoms with van der Waals surface area (Å²) in [6.07, 6.45) is -0.0107. The van der Waals surface area contributed by atoms with Crippen molar-refractivity contribution in [1.29, 1.82) is 0 Å². The number of carboxylic acids is 1. The lowest BCUT2D eigenvalue weighted by Gasteiger charge is -2.45. The van der Waals surface area contributed by atoms with Crippen molar-refractivity contribution in [3.63, 3.8) is 0 Å². The van der Waals surface area contributed by atoms with Crippen molar-refractivity contribution in [2.24, 2.45) is 5.41 Å². The molecular formula is C17H23NO5. The maximum atomic E-state index is 12.1. The molecule has 23 heavy (non-hydrogen) atoms. The first-order chi connectivity index (χ1) is 10.8. The van der Waals surface area contributed by atoms with Gasteiger partial charge in [-0.25, -0.2) is 4.79 Å². The van der Waals surface area contributed by atoms with Crippen LogP contribution in [0.5, 0.6) is 0 Å². The highest BCUT2D eigenvalue weighted by molar-refractivity contribution is 5.75. The lowest BCUT2D eigenvalue weighted by molar-refractivity contribution is -0.170. The van der Waals surface area contributed by atoms with Crippen molar-refractivity contribution in [1.82, 2.24) is 4.90 Å². The van der Waals surface area contributed by atoms with E-state index in [0.717, 1.165) is 5.56 Å². The molecule has 6 heteroatoms. The summed E-state index contributed by atoms with van der Waals surface area (Å²) in [5.41, 5.74) is -1.68. The molecule has 126 valence electrons. The van der Waals surface area contributed by atoms with Crippen molar-refractivity contribution in [3.8, 4) is 0 Å². The van der Waals surface area contributed by atoms with E-state index < -0.39 is 23.1 Å². The smallest absolute Gasteiger partial charge is 0.410 e. The topological polar surface area (TPSA) is 87.1 Å². The quantitative estimate of drug-likeness (QED) is 0.888. The molecule has 0 bridgehead atoms. The van der Waals surface area contributed by atoms with Gasteiger partial charge in [-0.1, -0.05) is 30.3 Å². The fraction of sp³-hybridized carbons (Fsp3) is 0.529. The Kier molecular flexibility index (Phi) is 4.94. The van der Waals surface area contributed by atoms with Crippen LogP contribution in [0.2, 0.25) is 0 Å². The predicted octanol–water partition coefficient (Wildman–Crippen LogP) is 2.26. The molecule has 0 aromatic heterocycles. The van der Waals surface area contributed by atoms with E-state index in [2.05, 4.69) is 0 Å². The molecule has 1 aromatic rings. The zero-order valence-electron chi connectivity index (χ0n) is 13.5. The molecule has 0 radical (unpaired) electrons. The number of ether oxygens (including phenoxy) is 1. The molecule has 0 aliphatic carbocycles. The number of aliphatic hydroxyl groups is 1. The van der Waals surface area contributed by atoms with E-state index in [4.69, 9.17) is 4.74 Å². The average Bonchev–Trinajstić information content (AvgIpc) is 2.54. The Labute approximate surface area is 135 Å². The zero-order valence-corrected chi connectivity index (χ0v) is 13.5. The van der Waals surface area contributed by atoms with E-state index in [1.165, 1.54) is 18.7 Å². The molecule has 1 saturated heterocycles. The molecule has 1 amide bonds. The van der Waals surface area contributed by atoms with Crippen LogP contribution in [0.4, 0.5) is 4.79 Å². The Hall–Kier alpha value is -2.08. The van der Waals surface area contributed by atoms with Crippen LogP contribution in [0.25, 0.3) is 0 Å². The Morgan fingerprint density at radius 2 is 1.78 bits per heavy atom. The van der Waals surface area contributed by atoms with E-state index in [9.17, 15) is 19.8 Å². The van der Waals surface area contributed by atoms with Gasteiger partial charge in [-0.05, 0) is 32.3 Å². The SMILES string of the molecule is CC(C)(C(=O)O)C1(O)CCN(C(=O)OCc2ccccc2)CC1. The minimum absolute atomic E-state index is 0.195. The Balaban J connectivity index is 1.89. The van der Waals surface area contributed by atoms with E-state index >= 15 is 0 Å². The number of likely N-dealkylation sites (tertiary alicyclic amines) is 1. The van der Waals surface area contributed by atoms with E-state index in [0.29, 0.717) is 0 Å². The standard InChI is InChI=1S/C17H23NO5/c1-16(2,14(19)20)17(22)8-10-18(11-9-17)15(21)23-12-13-6-4-3-5-7-13/h3-7,22H,8-12H2,1-2H3,(H,19,20). The Morgan fingerprint density at radius 3 is 2.30 bits per heavy atom. The number of hydrogen-bond acceptors (Lipinski definition) is 4. The summed E-state index contributed by atoms with van der Waals surface area (Å²) in [5.74, 6) is -1.04. The minimum Gasteiger partial charge on any atom is -0.481 e. The number of carbonyl (C=O) groups excluding carboxylic acids is 1. The first kappa shape index (κ1) is 17.3. The number of aliphatic carboxylic acids is 1. The van der Waals surface area contributed by atoms with Crippen LogP contribution in [0, 0.1) is 5.41 Å². The third-order valence-electron chi connectivity index (χ3n) is 4.75. The van der Waals surface area contributed by atoms with Gasteiger partial charge in [-0.15, -0.1) is 0 Å². The van der Waals surface area contributed by atoms with Gasteiger partial charge >= 0.3 is 12.1 Å². The van der Waals surface area contributed by atoms with Crippen LogP contribution < -0.4 is 0 Å². The molecule has 0 unspecified atom stereocenters. The van der Waals surface area contributed by atoms with Gasteiger partial charge in [0, 0.05) is 13.1 Å². The second-order valence-electron chi connectivity index (χ2n) is 6.49. The molecule has 2 N–H and O–H groups in total. The van der Waals surface area contributed by atoms with Crippen molar-refractivity contribution < 1.29 is 24.5 Å². The number of benzene rings is 1. The van der Waals surface area contributed by atoms with Crippen molar-refractivity contribution in [3.05, 3.63) is 35.9 Å². The van der Waals surface area contributed by atoms with Crippen molar-refractivity contribution in [2.75, 3.05) is 13.1 Å². The maximum absolute atomic E-state index is 12.1. The highest BCUT2D eigenvalue weighted by Crippen LogP contribution is 2.39. The predicted molar refractivity (Wildman–Crippen MR) is 83.8 cm³/mol. The fourth-order valence-electron chi connectivity index (χ4n) is 2.69. The lowest BCUT2D eigenvalue weighted by Crippen LogP contribution is -2.56. The maximum Gasteiger partial charge on any atom is 0.410 e. The minimum atomic E-state index is -1.32. The van der Waals surface area contributed by atoms with Gasteiger partial charge in [0.15, 0.2) is 0 Å². The van der Waals surface area contributed by atoms with Gasteiger partial charge < -0.3 is 19.8 Å². The highest BCUT2D eigenvalue weighted by atomic mass is 16.6. The lowest BCUT2D eigenvalue weighted by atomic mass is 9.69. The van der Waals surface area contributed by atoms with E-state index in [-0.39, 0.29) is 32.5 Å². The third-order valence-corrected chi connectivity index (χ3v) is 4.75. The molecule has 1 aliphatic rings. The van der Waals surface area contributed by atoms with Crippen molar-refractivity contribution in [2.45, 2.75) is 38.9 Å². The first-order valence-corrected chi connectivity index (χ1v) is 7.68. The largest absolute Gasteiger partial charge is 0.481 e.